The maximum Gasteiger partial charge on any atom is 0.303 e. The van der Waals surface area contributed by atoms with Crippen LogP contribution in [0.25, 0.3) is 0 Å². The van der Waals surface area contributed by atoms with E-state index < -0.39 is 99.8 Å². The Morgan fingerprint density at radius 2 is 1.20 bits per heavy atom. The van der Waals surface area contributed by atoms with Crippen LogP contribution in [-0.4, -0.2) is 106 Å². The summed E-state index contributed by atoms with van der Waals surface area (Å²) in [6.07, 6.45) is -0.741. The molecule has 0 aliphatic heterocycles. The number of primary amides is 1. The number of nitrogens with two attached hydrogens (primary N) is 5. The van der Waals surface area contributed by atoms with Gasteiger partial charge in [-0.1, -0.05) is 0 Å². The first-order chi connectivity index (χ1) is 25.7. The molecule has 0 fully saturated rings. The van der Waals surface area contributed by atoms with E-state index in [9.17, 15) is 54.1 Å². The highest BCUT2D eigenvalue weighted by Gasteiger charge is 2.31. The average molecular weight is 782 g/mol. The van der Waals surface area contributed by atoms with E-state index in [1.54, 1.807) is 0 Å². The van der Waals surface area contributed by atoms with Gasteiger partial charge in [0.1, 0.15) is 35.9 Å². The molecule has 0 unspecified atom stereocenters. The SMILES string of the molecule is C[C@H](NNc1ccc([N+](=O)[O-])cc1[N+](=O)[O-])C(=O)N[C@@H](C)C(=O)N[C@H](CCCN=C(N)N)C(=O)N[C@H](CCC(=O)O)C(=O)N[C@H](CCCN=C(N)N)C(N)=O. The first-order valence-corrected chi connectivity index (χ1v) is 16.5. The number of hydrogen-bond acceptors (Lipinski definition) is 14. The van der Waals surface area contributed by atoms with Crippen molar-refractivity contribution in [2.75, 3.05) is 18.5 Å². The minimum absolute atomic E-state index is 0.00565. The molecular weight excluding hydrogens is 734 g/mol. The van der Waals surface area contributed by atoms with E-state index >= 15 is 0 Å². The van der Waals surface area contributed by atoms with E-state index in [0.29, 0.717) is 0 Å². The fourth-order valence-electron chi connectivity index (χ4n) is 4.49. The number of rotatable bonds is 25. The molecule has 0 saturated carbocycles. The topological polar surface area (TPSA) is 436 Å². The number of guanidine groups is 2. The summed E-state index contributed by atoms with van der Waals surface area (Å²) in [6, 6.07) is -3.77. The molecule has 0 heterocycles. The van der Waals surface area contributed by atoms with Gasteiger partial charge in [0.25, 0.3) is 5.69 Å². The zero-order valence-corrected chi connectivity index (χ0v) is 30.0. The lowest BCUT2D eigenvalue weighted by Gasteiger charge is -2.25. The second kappa shape index (κ2) is 22.9. The number of amides is 5. The van der Waals surface area contributed by atoms with Crippen LogP contribution in [0.3, 0.4) is 0 Å². The van der Waals surface area contributed by atoms with Crippen LogP contribution >= 0.6 is 0 Å². The maximum atomic E-state index is 13.5. The Hall–Kier alpha value is -6.86. The van der Waals surface area contributed by atoms with Crippen molar-refractivity contribution in [3.63, 3.8) is 0 Å². The number of benzene rings is 1. The normalized spacial score (nSPS) is 13.3. The van der Waals surface area contributed by atoms with Crippen LogP contribution in [-0.2, 0) is 28.8 Å². The summed E-state index contributed by atoms with van der Waals surface area (Å²) in [4.78, 5) is 104. The largest absolute Gasteiger partial charge is 0.481 e. The fourth-order valence-corrected chi connectivity index (χ4v) is 4.49. The number of aliphatic carboxylic acids is 1. The molecule has 0 aliphatic carbocycles. The summed E-state index contributed by atoms with van der Waals surface area (Å²) in [5, 5.41) is 41.3. The molecular formula is C29H47N15O11. The van der Waals surface area contributed by atoms with E-state index in [2.05, 4.69) is 42.1 Å². The number of carboxylic acids is 1. The van der Waals surface area contributed by atoms with Crippen LogP contribution in [0, 0.1) is 20.2 Å². The molecule has 1 aromatic carbocycles. The van der Waals surface area contributed by atoms with E-state index in [4.69, 9.17) is 28.7 Å². The Morgan fingerprint density at radius 3 is 1.69 bits per heavy atom. The predicted molar refractivity (Wildman–Crippen MR) is 195 cm³/mol. The zero-order chi connectivity index (χ0) is 41.8. The first-order valence-electron chi connectivity index (χ1n) is 16.5. The molecule has 0 aromatic heterocycles. The number of nitro benzene ring substituents is 2. The van der Waals surface area contributed by atoms with E-state index in [-0.39, 0.29) is 56.4 Å². The van der Waals surface area contributed by atoms with Crippen LogP contribution in [0.5, 0.6) is 0 Å². The van der Waals surface area contributed by atoms with Gasteiger partial charge in [0, 0.05) is 25.6 Å². The van der Waals surface area contributed by atoms with Crippen molar-refractivity contribution in [3.05, 3.63) is 38.4 Å². The minimum Gasteiger partial charge on any atom is -0.481 e. The number of nitrogens with zero attached hydrogens (tertiary/aromatic N) is 4. The van der Waals surface area contributed by atoms with E-state index in [1.165, 1.54) is 13.8 Å². The second-order valence-corrected chi connectivity index (χ2v) is 11.9. The molecule has 0 radical (unpaired) electrons. The third-order valence-electron chi connectivity index (χ3n) is 7.42. The number of hydrogen-bond donors (Lipinski definition) is 12. The first kappa shape index (κ1) is 46.2. The number of hydrazine groups is 1. The zero-order valence-electron chi connectivity index (χ0n) is 30.0. The van der Waals surface area contributed by atoms with Crippen molar-refractivity contribution in [1.29, 1.82) is 0 Å². The number of carboxylic acid groups (broad SMARTS) is 1. The summed E-state index contributed by atoms with van der Waals surface area (Å²) in [5.41, 5.74) is 30.2. The van der Waals surface area contributed by atoms with Crippen molar-refractivity contribution in [2.45, 2.75) is 82.6 Å². The number of aliphatic imine (C=N–C) groups is 2. The highest BCUT2D eigenvalue weighted by molar-refractivity contribution is 5.95. The molecule has 17 N–H and O–H groups in total. The highest BCUT2D eigenvalue weighted by atomic mass is 16.6. The minimum atomic E-state index is -1.51. The van der Waals surface area contributed by atoms with Gasteiger partial charge in [0.05, 0.1) is 15.9 Å². The van der Waals surface area contributed by atoms with Gasteiger partial charge in [0.2, 0.25) is 29.5 Å². The molecule has 0 spiro atoms. The molecule has 0 bridgehead atoms. The monoisotopic (exact) mass is 781 g/mol. The lowest BCUT2D eigenvalue weighted by atomic mass is 10.1. The second-order valence-electron chi connectivity index (χ2n) is 11.9. The standard InChI is InChI=1S/C29H47N15O11/c1-14(37-25(49)15(2)41-42-17-8-7-16(43(52)53)13-21(17)44(54)55)24(48)39-19(6-4-12-36-29(33)34)26(50)40-20(9-10-22(45)46)27(51)38-18(23(30)47)5-3-11-35-28(31)32/h7-8,13-15,18-20,41-42H,3-6,9-12H2,1-2H3,(H2,30,47)(H,37,49)(H,38,51)(H,39,48)(H,40,50)(H,45,46)(H4,31,32,35)(H4,33,34,36)/t14-,15-,18+,19+,20+/m0/s1. The van der Waals surface area contributed by atoms with Crippen LogP contribution < -0.4 is 60.8 Å². The van der Waals surface area contributed by atoms with Crippen LogP contribution in [0.2, 0.25) is 0 Å². The summed E-state index contributed by atoms with van der Waals surface area (Å²) >= 11 is 0. The van der Waals surface area contributed by atoms with Gasteiger partial charge in [0.15, 0.2) is 11.9 Å². The van der Waals surface area contributed by atoms with Gasteiger partial charge in [-0.25, -0.2) is 5.43 Å². The van der Waals surface area contributed by atoms with Gasteiger partial charge in [-0.3, -0.25) is 59.0 Å². The van der Waals surface area contributed by atoms with Crippen LogP contribution in [0.1, 0.15) is 52.4 Å². The Bertz CT molecular complexity index is 1630. The number of carbonyl (C=O) groups excluding carboxylic acids is 5. The molecule has 0 saturated heterocycles. The molecule has 304 valence electrons. The van der Waals surface area contributed by atoms with Gasteiger partial charge in [-0.05, 0) is 52.0 Å². The number of nitro groups is 2. The van der Waals surface area contributed by atoms with Gasteiger partial charge >= 0.3 is 11.7 Å². The lowest BCUT2D eigenvalue weighted by Crippen LogP contribution is -2.58. The Labute approximate surface area is 313 Å². The highest BCUT2D eigenvalue weighted by Crippen LogP contribution is 2.28. The predicted octanol–water partition coefficient (Wildman–Crippen LogP) is -3.78. The van der Waals surface area contributed by atoms with Crippen molar-refractivity contribution < 1.29 is 43.7 Å². The summed E-state index contributed by atoms with van der Waals surface area (Å²) in [6.45, 7) is 2.75. The van der Waals surface area contributed by atoms with E-state index in [1.807, 2.05) is 0 Å². The van der Waals surface area contributed by atoms with Crippen LogP contribution in [0.4, 0.5) is 17.1 Å². The third kappa shape index (κ3) is 17.5. The van der Waals surface area contributed by atoms with Gasteiger partial charge < -0.3 is 60.5 Å². The average Bonchev–Trinajstić information content (AvgIpc) is 3.10. The summed E-state index contributed by atoms with van der Waals surface area (Å²) in [5.74, 6) is -6.19. The molecule has 26 heteroatoms. The molecule has 1 rings (SSSR count). The molecule has 5 atom stereocenters. The van der Waals surface area contributed by atoms with Crippen molar-refractivity contribution in [1.82, 2.24) is 26.7 Å². The molecule has 5 amide bonds. The molecule has 26 nitrogen and oxygen atoms in total. The molecule has 55 heavy (non-hydrogen) atoms. The smallest absolute Gasteiger partial charge is 0.303 e. The Balaban J connectivity index is 3.09. The Morgan fingerprint density at radius 1 is 0.709 bits per heavy atom. The van der Waals surface area contributed by atoms with Crippen molar-refractivity contribution in [3.8, 4) is 0 Å². The fraction of sp³-hybridized carbons (Fsp3) is 0.517. The number of anilines is 1. The quantitative estimate of drug-likeness (QED) is 0.0149. The van der Waals surface area contributed by atoms with E-state index in [0.717, 1.165) is 18.2 Å². The lowest BCUT2D eigenvalue weighted by molar-refractivity contribution is -0.393. The third-order valence-corrected chi connectivity index (χ3v) is 7.42. The summed E-state index contributed by atoms with van der Waals surface area (Å²) < 4.78 is 0. The van der Waals surface area contributed by atoms with Gasteiger partial charge in [-0.15, -0.1) is 0 Å². The Kier molecular flexibility index (Phi) is 19.3. The molecule has 1 aromatic rings. The maximum absolute atomic E-state index is 13.5. The van der Waals surface area contributed by atoms with Crippen molar-refractivity contribution in [2.24, 2.45) is 38.7 Å². The number of carbonyl (C=O) groups is 6. The summed E-state index contributed by atoms with van der Waals surface area (Å²) in [7, 11) is 0. The molecule has 0 aliphatic rings. The number of non-ortho nitro benzene ring substituents is 1. The van der Waals surface area contributed by atoms with Crippen molar-refractivity contribution >= 4 is 64.5 Å². The van der Waals surface area contributed by atoms with Crippen LogP contribution in [0.15, 0.2) is 28.2 Å². The number of nitrogens with one attached hydrogen (secondary N) is 6. The van der Waals surface area contributed by atoms with Gasteiger partial charge in [-0.2, -0.15) is 0 Å².